The van der Waals surface area contributed by atoms with Crippen molar-refractivity contribution in [2.45, 2.75) is 19.8 Å². The second-order valence-electron chi connectivity index (χ2n) is 6.06. The van der Waals surface area contributed by atoms with E-state index in [1.807, 2.05) is 30.3 Å². The van der Waals surface area contributed by atoms with Crippen molar-refractivity contribution in [3.63, 3.8) is 0 Å². The summed E-state index contributed by atoms with van der Waals surface area (Å²) >= 11 is 0. The number of aryl methyl sites for hydroxylation is 2. The molecular formula is C21H20FN3O. The number of amides is 1. The molecule has 3 aromatic rings. The Morgan fingerprint density at radius 1 is 1.04 bits per heavy atom. The third-order valence-corrected chi connectivity index (χ3v) is 4.11. The van der Waals surface area contributed by atoms with Gasteiger partial charge in [0.25, 0.3) is 5.91 Å². The van der Waals surface area contributed by atoms with Crippen molar-refractivity contribution in [3.8, 4) is 11.1 Å². The predicted molar refractivity (Wildman–Crippen MR) is 99.3 cm³/mol. The Morgan fingerprint density at radius 3 is 2.42 bits per heavy atom. The molecule has 0 saturated heterocycles. The number of benzene rings is 2. The number of rotatable bonds is 6. The van der Waals surface area contributed by atoms with Gasteiger partial charge in [-0.3, -0.25) is 4.79 Å². The summed E-state index contributed by atoms with van der Waals surface area (Å²) in [6, 6.07) is 14.6. The van der Waals surface area contributed by atoms with Crippen LogP contribution in [0.3, 0.4) is 0 Å². The van der Waals surface area contributed by atoms with E-state index in [2.05, 4.69) is 15.3 Å². The molecule has 26 heavy (non-hydrogen) atoms. The lowest BCUT2D eigenvalue weighted by atomic mass is 10.0. The molecule has 0 atom stereocenters. The maximum absolute atomic E-state index is 13.8. The fourth-order valence-electron chi connectivity index (χ4n) is 2.65. The maximum Gasteiger partial charge on any atom is 0.254 e. The minimum Gasteiger partial charge on any atom is -0.352 e. The van der Waals surface area contributed by atoms with Gasteiger partial charge in [-0.2, -0.15) is 0 Å². The van der Waals surface area contributed by atoms with Crippen molar-refractivity contribution in [1.82, 2.24) is 15.3 Å². The summed E-state index contributed by atoms with van der Waals surface area (Å²) in [6.07, 6.45) is 4.71. The number of hydrogen-bond acceptors (Lipinski definition) is 3. The summed E-state index contributed by atoms with van der Waals surface area (Å²) in [7, 11) is 0. The number of hydrogen-bond donors (Lipinski definition) is 1. The fraction of sp³-hybridized carbons (Fsp3) is 0.190. The van der Waals surface area contributed by atoms with Gasteiger partial charge in [-0.1, -0.05) is 42.5 Å². The molecule has 0 saturated carbocycles. The first-order valence-corrected chi connectivity index (χ1v) is 8.54. The Morgan fingerprint density at radius 2 is 1.73 bits per heavy atom. The van der Waals surface area contributed by atoms with Gasteiger partial charge in [-0.15, -0.1) is 0 Å². The molecule has 0 aliphatic carbocycles. The van der Waals surface area contributed by atoms with Crippen molar-refractivity contribution in [2.24, 2.45) is 0 Å². The Balaban J connectivity index is 1.49. The summed E-state index contributed by atoms with van der Waals surface area (Å²) in [6.45, 7) is 2.35. The van der Waals surface area contributed by atoms with E-state index in [0.29, 0.717) is 23.5 Å². The van der Waals surface area contributed by atoms with Gasteiger partial charge in [0, 0.05) is 24.5 Å². The molecule has 1 heterocycles. The van der Waals surface area contributed by atoms with Gasteiger partial charge in [0.2, 0.25) is 0 Å². The van der Waals surface area contributed by atoms with Crippen LogP contribution in [0.5, 0.6) is 0 Å². The molecule has 0 fully saturated rings. The highest BCUT2D eigenvalue weighted by molar-refractivity contribution is 5.93. The van der Waals surface area contributed by atoms with Gasteiger partial charge in [-0.25, -0.2) is 14.4 Å². The first kappa shape index (κ1) is 17.7. The zero-order chi connectivity index (χ0) is 18.4. The summed E-state index contributed by atoms with van der Waals surface area (Å²) in [5.41, 5.74) is 3.08. The Bertz CT molecular complexity index is 877. The van der Waals surface area contributed by atoms with Gasteiger partial charge in [-0.05, 0) is 37.0 Å². The van der Waals surface area contributed by atoms with Crippen LogP contribution in [-0.4, -0.2) is 22.4 Å². The lowest BCUT2D eigenvalue weighted by Crippen LogP contribution is -2.25. The number of aromatic nitrogens is 2. The van der Waals surface area contributed by atoms with Gasteiger partial charge in [0.15, 0.2) is 0 Å². The highest BCUT2D eigenvalue weighted by Gasteiger charge is 2.06. The lowest BCUT2D eigenvalue weighted by Gasteiger charge is -2.07. The second-order valence-corrected chi connectivity index (χ2v) is 6.06. The van der Waals surface area contributed by atoms with E-state index in [9.17, 15) is 9.18 Å². The molecule has 0 spiro atoms. The van der Waals surface area contributed by atoms with E-state index in [0.717, 1.165) is 24.0 Å². The number of halogens is 1. The average molecular weight is 349 g/mol. The van der Waals surface area contributed by atoms with E-state index >= 15 is 0 Å². The van der Waals surface area contributed by atoms with Crippen LogP contribution in [0.2, 0.25) is 0 Å². The van der Waals surface area contributed by atoms with Crippen LogP contribution in [0.15, 0.2) is 60.9 Å². The quantitative estimate of drug-likeness (QED) is 0.686. The van der Waals surface area contributed by atoms with Gasteiger partial charge in [0.1, 0.15) is 11.6 Å². The topological polar surface area (TPSA) is 54.9 Å². The first-order valence-electron chi connectivity index (χ1n) is 8.54. The van der Waals surface area contributed by atoms with Crippen LogP contribution in [0.1, 0.15) is 28.2 Å². The largest absolute Gasteiger partial charge is 0.352 e. The fourth-order valence-corrected chi connectivity index (χ4v) is 2.65. The standard InChI is InChI=1S/C21H20FN3O/c1-15-24-13-18(14-25-15)21(26)23-12-4-5-16-8-10-17(11-9-16)19-6-2-3-7-20(19)22/h2-3,6-11,13-14H,4-5,12H2,1H3,(H,23,26). The monoisotopic (exact) mass is 349 g/mol. The van der Waals surface area contributed by atoms with Crippen LogP contribution in [-0.2, 0) is 6.42 Å². The summed E-state index contributed by atoms with van der Waals surface area (Å²) in [5, 5.41) is 2.86. The van der Waals surface area contributed by atoms with Crippen molar-refractivity contribution in [3.05, 3.63) is 83.7 Å². The number of carbonyl (C=O) groups is 1. The number of nitrogens with one attached hydrogen (secondary N) is 1. The Kier molecular flexibility index (Phi) is 5.69. The second kappa shape index (κ2) is 8.34. The average Bonchev–Trinajstić information content (AvgIpc) is 2.67. The first-order chi connectivity index (χ1) is 12.6. The van der Waals surface area contributed by atoms with E-state index in [1.54, 1.807) is 19.1 Å². The molecule has 4 nitrogen and oxygen atoms in total. The summed E-state index contributed by atoms with van der Waals surface area (Å²) < 4.78 is 13.8. The van der Waals surface area contributed by atoms with Crippen LogP contribution in [0, 0.1) is 12.7 Å². The minimum absolute atomic E-state index is 0.167. The molecule has 2 aromatic carbocycles. The molecule has 1 aromatic heterocycles. The lowest BCUT2D eigenvalue weighted by molar-refractivity contribution is 0.0952. The molecular weight excluding hydrogens is 329 g/mol. The van der Waals surface area contributed by atoms with Gasteiger partial charge in [0.05, 0.1) is 5.56 Å². The summed E-state index contributed by atoms with van der Waals surface area (Å²) in [4.78, 5) is 20.0. The van der Waals surface area contributed by atoms with E-state index < -0.39 is 0 Å². The number of carbonyl (C=O) groups excluding carboxylic acids is 1. The zero-order valence-corrected chi connectivity index (χ0v) is 14.6. The molecule has 132 valence electrons. The molecule has 0 bridgehead atoms. The smallest absolute Gasteiger partial charge is 0.254 e. The Hall–Kier alpha value is -3.08. The van der Waals surface area contributed by atoms with E-state index in [1.165, 1.54) is 18.5 Å². The third kappa shape index (κ3) is 4.51. The maximum atomic E-state index is 13.8. The van der Waals surface area contributed by atoms with Crippen LogP contribution in [0.25, 0.3) is 11.1 Å². The summed E-state index contributed by atoms with van der Waals surface area (Å²) in [5.74, 6) is 0.253. The van der Waals surface area contributed by atoms with E-state index in [4.69, 9.17) is 0 Å². The normalized spacial score (nSPS) is 10.5. The molecule has 0 radical (unpaired) electrons. The van der Waals surface area contributed by atoms with Gasteiger partial charge >= 0.3 is 0 Å². The van der Waals surface area contributed by atoms with Crippen LogP contribution >= 0.6 is 0 Å². The third-order valence-electron chi connectivity index (χ3n) is 4.11. The van der Waals surface area contributed by atoms with Gasteiger partial charge < -0.3 is 5.32 Å². The van der Waals surface area contributed by atoms with Crippen LogP contribution in [0.4, 0.5) is 4.39 Å². The predicted octanol–water partition coefficient (Wildman–Crippen LogP) is 3.95. The molecule has 1 amide bonds. The molecule has 0 aliphatic heterocycles. The Labute approximate surface area is 152 Å². The highest BCUT2D eigenvalue weighted by Crippen LogP contribution is 2.22. The van der Waals surface area contributed by atoms with Crippen molar-refractivity contribution >= 4 is 5.91 Å². The van der Waals surface area contributed by atoms with E-state index in [-0.39, 0.29) is 11.7 Å². The molecule has 1 N–H and O–H groups in total. The van der Waals surface area contributed by atoms with Crippen LogP contribution < -0.4 is 5.32 Å². The van der Waals surface area contributed by atoms with Crippen molar-refractivity contribution < 1.29 is 9.18 Å². The zero-order valence-electron chi connectivity index (χ0n) is 14.6. The SMILES string of the molecule is Cc1ncc(C(=O)NCCCc2ccc(-c3ccccc3F)cc2)cn1. The molecule has 0 aliphatic rings. The highest BCUT2D eigenvalue weighted by atomic mass is 19.1. The number of nitrogens with zero attached hydrogens (tertiary/aromatic N) is 2. The molecule has 5 heteroatoms. The molecule has 3 rings (SSSR count). The van der Waals surface area contributed by atoms with Crippen molar-refractivity contribution in [2.75, 3.05) is 6.54 Å². The minimum atomic E-state index is -0.219. The van der Waals surface area contributed by atoms with Crippen molar-refractivity contribution in [1.29, 1.82) is 0 Å². The molecule has 0 unspecified atom stereocenters.